The Hall–Kier alpha value is -1.55. The number of ether oxygens (including phenoxy) is 1. The van der Waals surface area contributed by atoms with Crippen LogP contribution < -0.4 is 10.1 Å². The van der Waals surface area contributed by atoms with E-state index in [1.807, 2.05) is 26.0 Å². The van der Waals surface area contributed by atoms with E-state index in [1.54, 1.807) is 0 Å². The van der Waals surface area contributed by atoms with Gasteiger partial charge in [-0.25, -0.2) is 0 Å². The van der Waals surface area contributed by atoms with Gasteiger partial charge in [0.15, 0.2) is 6.61 Å². The molecular formula is C15H21NO3. The van der Waals surface area contributed by atoms with Gasteiger partial charge in [-0.05, 0) is 55.9 Å². The van der Waals surface area contributed by atoms with Crippen LogP contribution in [0.3, 0.4) is 0 Å². The minimum Gasteiger partial charge on any atom is -0.484 e. The molecule has 0 aliphatic heterocycles. The van der Waals surface area contributed by atoms with Gasteiger partial charge in [0.2, 0.25) is 0 Å². The van der Waals surface area contributed by atoms with Gasteiger partial charge in [-0.1, -0.05) is 6.07 Å². The fourth-order valence-corrected chi connectivity index (χ4v) is 2.34. The molecule has 0 aromatic heterocycles. The van der Waals surface area contributed by atoms with Crippen LogP contribution in [0.25, 0.3) is 0 Å². The first-order valence-corrected chi connectivity index (χ1v) is 6.69. The molecule has 2 rings (SSSR count). The maximum absolute atomic E-state index is 11.6. The van der Waals surface area contributed by atoms with Crippen molar-refractivity contribution >= 4 is 5.91 Å². The summed E-state index contributed by atoms with van der Waals surface area (Å²) in [4.78, 5) is 11.6. The zero-order valence-corrected chi connectivity index (χ0v) is 11.5. The van der Waals surface area contributed by atoms with E-state index >= 15 is 0 Å². The summed E-state index contributed by atoms with van der Waals surface area (Å²) in [5, 5.41) is 12.0. The van der Waals surface area contributed by atoms with Crippen LogP contribution >= 0.6 is 0 Å². The third-order valence-electron chi connectivity index (χ3n) is 3.36. The first-order valence-electron chi connectivity index (χ1n) is 6.69. The number of nitrogens with one attached hydrogen (secondary N) is 1. The molecule has 0 saturated heterocycles. The number of amides is 1. The first-order chi connectivity index (χ1) is 9.02. The lowest BCUT2D eigenvalue weighted by atomic mass is 9.82. The summed E-state index contributed by atoms with van der Waals surface area (Å²) in [6.07, 6.45) is 1.41. The Morgan fingerprint density at radius 1 is 1.32 bits per heavy atom. The second kappa shape index (κ2) is 6.06. The number of hydrogen-bond donors (Lipinski definition) is 2. The Morgan fingerprint density at radius 2 is 1.95 bits per heavy atom. The number of carbonyl (C=O) groups is 1. The second-order valence-corrected chi connectivity index (χ2v) is 5.41. The van der Waals surface area contributed by atoms with Gasteiger partial charge in [-0.15, -0.1) is 0 Å². The number of benzene rings is 1. The molecule has 0 heterocycles. The van der Waals surface area contributed by atoms with E-state index in [2.05, 4.69) is 11.4 Å². The smallest absolute Gasteiger partial charge is 0.257 e. The highest BCUT2D eigenvalue weighted by atomic mass is 16.5. The molecule has 1 amide bonds. The molecule has 104 valence electrons. The summed E-state index contributed by atoms with van der Waals surface area (Å²) in [6.45, 7) is 4.67. The van der Waals surface area contributed by atoms with Crippen LogP contribution in [0, 0.1) is 19.8 Å². The Morgan fingerprint density at radius 3 is 2.53 bits per heavy atom. The van der Waals surface area contributed by atoms with E-state index in [0.29, 0.717) is 12.5 Å². The number of aliphatic hydroxyl groups excluding tert-OH is 1. The van der Waals surface area contributed by atoms with Crippen molar-refractivity contribution in [3.05, 3.63) is 29.3 Å². The molecule has 19 heavy (non-hydrogen) atoms. The van der Waals surface area contributed by atoms with Gasteiger partial charge < -0.3 is 15.2 Å². The zero-order chi connectivity index (χ0) is 13.8. The van der Waals surface area contributed by atoms with Crippen LogP contribution in [-0.4, -0.2) is 30.3 Å². The molecule has 4 heteroatoms. The highest BCUT2D eigenvalue weighted by Gasteiger charge is 2.27. The van der Waals surface area contributed by atoms with Crippen LogP contribution in [0.1, 0.15) is 24.0 Å². The van der Waals surface area contributed by atoms with Crippen molar-refractivity contribution in [2.45, 2.75) is 32.8 Å². The Balaban J connectivity index is 1.70. The van der Waals surface area contributed by atoms with Gasteiger partial charge in [0, 0.05) is 6.54 Å². The summed E-state index contributed by atoms with van der Waals surface area (Å²) in [5.74, 6) is 1.03. The SMILES string of the molecule is Cc1cc(C)cc(OCC(=O)NCC2CC(O)C2)c1. The molecule has 0 atom stereocenters. The maximum Gasteiger partial charge on any atom is 0.257 e. The highest BCUT2D eigenvalue weighted by Crippen LogP contribution is 2.26. The van der Waals surface area contributed by atoms with Gasteiger partial charge in [-0.3, -0.25) is 4.79 Å². The molecule has 2 N–H and O–H groups in total. The van der Waals surface area contributed by atoms with E-state index in [9.17, 15) is 4.79 Å². The normalized spacial score (nSPS) is 21.6. The van der Waals surface area contributed by atoms with E-state index < -0.39 is 0 Å². The lowest BCUT2D eigenvalue weighted by Gasteiger charge is -2.31. The van der Waals surface area contributed by atoms with Crippen molar-refractivity contribution in [3.8, 4) is 5.75 Å². The van der Waals surface area contributed by atoms with Gasteiger partial charge in [0.25, 0.3) is 5.91 Å². The average Bonchev–Trinajstić information content (AvgIpc) is 2.29. The molecule has 1 saturated carbocycles. The standard InChI is InChI=1S/C15H21NO3/c1-10-3-11(2)5-14(4-10)19-9-15(18)16-8-12-6-13(17)7-12/h3-5,12-13,17H,6-9H2,1-2H3,(H,16,18). The van der Waals surface area contributed by atoms with Crippen molar-refractivity contribution in [1.29, 1.82) is 0 Å². The third kappa shape index (κ3) is 4.24. The molecule has 1 aromatic rings. The second-order valence-electron chi connectivity index (χ2n) is 5.41. The van der Waals surface area contributed by atoms with E-state index in [4.69, 9.17) is 9.84 Å². The average molecular weight is 263 g/mol. The van der Waals surface area contributed by atoms with E-state index in [0.717, 1.165) is 29.7 Å². The van der Waals surface area contributed by atoms with Crippen molar-refractivity contribution in [3.63, 3.8) is 0 Å². The van der Waals surface area contributed by atoms with E-state index in [-0.39, 0.29) is 18.6 Å². The summed E-state index contributed by atoms with van der Waals surface area (Å²) in [6, 6.07) is 5.90. The molecule has 0 unspecified atom stereocenters. The van der Waals surface area contributed by atoms with Crippen LogP contribution in [0.2, 0.25) is 0 Å². The Bertz CT molecular complexity index is 432. The number of rotatable bonds is 5. The molecule has 1 aliphatic rings. The topological polar surface area (TPSA) is 58.6 Å². The molecule has 0 spiro atoms. The molecule has 0 radical (unpaired) electrons. The Kier molecular flexibility index (Phi) is 4.43. The van der Waals surface area contributed by atoms with Crippen molar-refractivity contribution in [2.24, 2.45) is 5.92 Å². The summed E-state index contributed by atoms with van der Waals surface area (Å²) >= 11 is 0. The van der Waals surface area contributed by atoms with Crippen LogP contribution in [-0.2, 0) is 4.79 Å². The predicted molar refractivity (Wildman–Crippen MR) is 73.2 cm³/mol. The molecule has 0 bridgehead atoms. The fourth-order valence-electron chi connectivity index (χ4n) is 2.34. The molecular weight excluding hydrogens is 242 g/mol. The third-order valence-corrected chi connectivity index (χ3v) is 3.36. The lowest BCUT2D eigenvalue weighted by Crippen LogP contribution is -2.39. The fraction of sp³-hybridized carbons (Fsp3) is 0.533. The van der Waals surface area contributed by atoms with Crippen LogP contribution in [0.15, 0.2) is 18.2 Å². The lowest BCUT2D eigenvalue weighted by molar-refractivity contribution is -0.123. The minimum absolute atomic E-state index is 0.0398. The van der Waals surface area contributed by atoms with Gasteiger partial charge >= 0.3 is 0 Å². The van der Waals surface area contributed by atoms with Gasteiger partial charge in [0.1, 0.15) is 5.75 Å². The van der Waals surface area contributed by atoms with Crippen LogP contribution in [0.5, 0.6) is 5.75 Å². The van der Waals surface area contributed by atoms with Crippen molar-refractivity contribution in [1.82, 2.24) is 5.32 Å². The number of aliphatic hydroxyl groups is 1. The number of aryl methyl sites for hydroxylation is 2. The summed E-state index contributed by atoms with van der Waals surface area (Å²) in [5.41, 5.74) is 2.25. The quantitative estimate of drug-likeness (QED) is 0.847. The maximum atomic E-state index is 11.6. The molecule has 4 nitrogen and oxygen atoms in total. The highest BCUT2D eigenvalue weighted by molar-refractivity contribution is 5.77. The molecule has 1 aliphatic carbocycles. The largest absolute Gasteiger partial charge is 0.484 e. The molecule has 1 fully saturated rings. The van der Waals surface area contributed by atoms with E-state index in [1.165, 1.54) is 0 Å². The number of hydrogen-bond acceptors (Lipinski definition) is 3. The van der Waals surface area contributed by atoms with Crippen molar-refractivity contribution < 1.29 is 14.6 Å². The van der Waals surface area contributed by atoms with Gasteiger partial charge in [-0.2, -0.15) is 0 Å². The monoisotopic (exact) mass is 263 g/mol. The summed E-state index contributed by atoms with van der Waals surface area (Å²) in [7, 11) is 0. The summed E-state index contributed by atoms with van der Waals surface area (Å²) < 4.78 is 5.47. The molecule has 1 aromatic carbocycles. The first kappa shape index (κ1) is 13.9. The number of carbonyl (C=O) groups excluding carboxylic acids is 1. The van der Waals surface area contributed by atoms with Crippen molar-refractivity contribution in [2.75, 3.05) is 13.2 Å². The Labute approximate surface area is 113 Å². The van der Waals surface area contributed by atoms with Gasteiger partial charge in [0.05, 0.1) is 6.10 Å². The minimum atomic E-state index is -0.173. The predicted octanol–water partition coefficient (Wildman–Crippen LogP) is 1.57. The van der Waals surface area contributed by atoms with Crippen LogP contribution in [0.4, 0.5) is 0 Å². The zero-order valence-electron chi connectivity index (χ0n) is 11.5.